The third kappa shape index (κ3) is 5.44. The van der Waals surface area contributed by atoms with E-state index in [9.17, 15) is 14.4 Å². The number of aromatic amines is 1. The maximum absolute atomic E-state index is 12.4. The number of ether oxygens (including phenoxy) is 1. The van der Waals surface area contributed by atoms with Crippen LogP contribution in [0, 0.1) is 0 Å². The highest BCUT2D eigenvalue weighted by Gasteiger charge is 2.14. The summed E-state index contributed by atoms with van der Waals surface area (Å²) in [5, 5.41) is 4.41. The molecule has 0 fully saturated rings. The lowest BCUT2D eigenvalue weighted by atomic mass is 10.2. The second-order valence-corrected chi connectivity index (χ2v) is 7.72. The van der Waals surface area contributed by atoms with E-state index in [1.54, 1.807) is 42.8 Å². The Bertz CT molecular complexity index is 1070. The number of H-pyrrole nitrogens is 1. The van der Waals surface area contributed by atoms with Gasteiger partial charge in [0, 0.05) is 12.6 Å². The van der Waals surface area contributed by atoms with Crippen LogP contribution in [0.25, 0.3) is 10.2 Å². The molecule has 3 aromatic rings. The molecular formula is C21H24N4O4S. The van der Waals surface area contributed by atoms with Gasteiger partial charge in [-0.1, -0.05) is 13.3 Å². The predicted octanol–water partition coefficient (Wildman–Crippen LogP) is 2.55. The summed E-state index contributed by atoms with van der Waals surface area (Å²) in [4.78, 5) is 45.1. The van der Waals surface area contributed by atoms with Gasteiger partial charge in [-0.25, -0.2) is 4.98 Å². The lowest BCUT2D eigenvalue weighted by Gasteiger charge is -2.17. The molecule has 0 saturated carbocycles. The summed E-state index contributed by atoms with van der Waals surface area (Å²) in [6.07, 6.45) is 2.03. The number of benzene rings is 1. The molecule has 3 rings (SSSR count). The van der Waals surface area contributed by atoms with Gasteiger partial charge in [0.25, 0.3) is 11.5 Å². The van der Waals surface area contributed by atoms with Gasteiger partial charge in [0.15, 0.2) is 0 Å². The SMILES string of the molecule is CCCCOc1ccc(C(=O)NCC(=O)N(C)Cc2nc3ccsc3c(=O)[nH]2)cc1. The third-order valence-corrected chi connectivity index (χ3v) is 5.36. The molecular weight excluding hydrogens is 404 g/mol. The summed E-state index contributed by atoms with van der Waals surface area (Å²) in [6.45, 7) is 2.71. The Morgan fingerprint density at radius 3 is 2.73 bits per heavy atom. The lowest BCUT2D eigenvalue weighted by Crippen LogP contribution is -2.38. The molecule has 2 heterocycles. The van der Waals surface area contributed by atoms with Crippen LogP contribution in [-0.2, 0) is 11.3 Å². The zero-order valence-corrected chi connectivity index (χ0v) is 17.8. The van der Waals surface area contributed by atoms with Gasteiger partial charge in [0.2, 0.25) is 5.91 Å². The van der Waals surface area contributed by atoms with Crippen LogP contribution in [0.3, 0.4) is 0 Å². The number of rotatable bonds is 9. The van der Waals surface area contributed by atoms with E-state index in [1.807, 2.05) is 0 Å². The van der Waals surface area contributed by atoms with E-state index >= 15 is 0 Å². The number of likely N-dealkylation sites (N-methyl/N-ethyl adjacent to an activating group) is 1. The minimum absolute atomic E-state index is 0.138. The Morgan fingerprint density at radius 1 is 1.23 bits per heavy atom. The van der Waals surface area contributed by atoms with Crippen LogP contribution in [0.4, 0.5) is 0 Å². The number of hydrogen-bond donors (Lipinski definition) is 2. The van der Waals surface area contributed by atoms with E-state index < -0.39 is 0 Å². The number of carbonyl (C=O) groups is 2. The van der Waals surface area contributed by atoms with Gasteiger partial charge in [-0.2, -0.15) is 0 Å². The van der Waals surface area contributed by atoms with E-state index in [-0.39, 0.29) is 30.5 Å². The summed E-state index contributed by atoms with van der Waals surface area (Å²) in [7, 11) is 1.59. The largest absolute Gasteiger partial charge is 0.494 e. The van der Waals surface area contributed by atoms with Gasteiger partial charge in [-0.15, -0.1) is 11.3 Å². The van der Waals surface area contributed by atoms with Crippen molar-refractivity contribution < 1.29 is 14.3 Å². The third-order valence-electron chi connectivity index (χ3n) is 4.46. The molecule has 0 spiro atoms. The van der Waals surface area contributed by atoms with Crippen LogP contribution in [0.15, 0.2) is 40.5 Å². The predicted molar refractivity (Wildman–Crippen MR) is 116 cm³/mol. The molecule has 158 valence electrons. The normalized spacial score (nSPS) is 10.7. The van der Waals surface area contributed by atoms with Crippen molar-refractivity contribution in [2.24, 2.45) is 0 Å². The fourth-order valence-electron chi connectivity index (χ4n) is 2.74. The quantitative estimate of drug-likeness (QED) is 0.510. The first-order chi connectivity index (χ1) is 14.5. The summed E-state index contributed by atoms with van der Waals surface area (Å²) in [5.41, 5.74) is 0.832. The summed E-state index contributed by atoms with van der Waals surface area (Å²) >= 11 is 1.32. The molecule has 2 amide bonds. The molecule has 0 aliphatic carbocycles. The van der Waals surface area contributed by atoms with Crippen LogP contribution < -0.4 is 15.6 Å². The Labute approximate surface area is 177 Å². The number of amides is 2. The van der Waals surface area contributed by atoms with Crippen LogP contribution in [0.2, 0.25) is 0 Å². The van der Waals surface area contributed by atoms with Crippen molar-refractivity contribution in [1.29, 1.82) is 0 Å². The van der Waals surface area contributed by atoms with E-state index in [4.69, 9.17) is 4.74 Å². The first-order valence-electron chi connectivity index (χ1n) is 9.69. The Kier molecular flexibility index (Phi) is 7.18. The second-order valence-electron chi connectivity index (χ2n) is 6.81. The van der Waals surface area contributed by atoms with Crippen LogP contribution in [0.5, 0.6) is 5.75 Å². The first kappa shape index (κ1) is 21.5. The molecule has 9 heteroatoms. The van der Waals surface area contributed by atoms with Crippen molar-refractivity contribution in [2.75, 3.05) is 20.2 Å². The number of thiophene rings is 1. The first-order valence-corrected chi connectivity index (χ1v) is 10.6. The molecule has 0 radical (unpaired) electrons. The van der Waals surface area contributed by atoms with Crippen molar-refractivity contribution >= 4 is 33.4 Å². The fourth-order valence-corrected chi connectivity index (χ4v) is 3.46. The monoisotopic (exact) mass is 428 g/mol. The minimum atomic E-state index is -0.344. The maximum atomic E-state index is 12.4. The summed E-state index contributed by atoms with van der Waals surface area (Å²) in [5.74, 6) is 0.464. The van der Waals surface area contributed by atoms with Crippen LogP contribution in [0.1, 0.15) is 35.9 Å². The molecule has 0 saturated heterocycles. The Morgan fingerprint density at radius 2 is 2.00 bits per heavy atom. The van der Waals surface area contributed by atoms with Crippen LogP contribution >= 0.6 is 11.3 Å². The van der Waals surface area contributed by atoms with E-state index in [2.05, 4.69) is 22.2 Å². The maximum Gasteiger partial charge on any atom is 0.268 e. The van der Waals surface area contributed by atoms with Crippen molar-refractivity contribution in [3.05, 3.63) is 57.5 Å². The van der Waals surface area contributed by atoms with Gasteiger partial charge in [-0.3, -0.25) is 14.4 Å². The highest BCUT2D eigenvalue weighted by molar-refractivity contribution is 7.17. The van der Waals surface area contributed by atoms with Crippen molar-refractivity contribution in [2.45, 2.75) is 26.3 Å². The zero-order valence-electron chi connectivity index (χ0n) is 16.9. The van der Waals surface area contributed by atoms with E-state index in [0.717, 1.165) is 12.8 Å². The second kappa shape index (κ2) is 10.0. The van der Waals surface area contributed by atoms with Crippen molar-refractivity contribution in [1.82, 2.24) is 20.2 Å². The van der Waals surface area contributed by atoms with E-state index in [0.29, 0.717) is 34.0 Å². The van der Waals surface area contributed by atoms with Gasteiger partial charge in [0.05, 0.1) is 25.2 Å². The number of carbonyl (C=O) groups excluding carboxylic acids is 2. The molecule has 0 bridgehead atoms. The Balaban J connectivity index is 1.51. The number of unbranched alkanes of at least 4 members (excludes halogenated alkanes) is 1. The molecule has 0 unspecified atom stereocenters. The van der Waals surface area contributed by atoms with Crippen molar-refractivity contribution in [3.8, 4) is 5.75 Å². The fraction of sp³-hybridized carbons (Fsp3) is 0.333. The molecule has 0 atom stereocenters. The van der Waals surface area contributed by atoms with Gasteiger partial charge in [-0.05, 0) is 42.1 Å². The molecule has 30 heavy (non-hydrogen) atoms. The number of nitrogens with zero attached hydrogens (tertiary/aromatic N) is 2. The smallest absolute Gasteiger partial charge is 0.268 e. The molecule has 2 aromatic heterocycles. The lowest BCUT2D eigenvalue weighted by molar-refractivity contribution is -0.129. The topological polar surface area (TPSA) is 104 Å². The zero-order chi connectivity index (χ0) is 21.5. The average molecular weight is 429 g/mol. The molecule has 1 aromatic carbocycles. The highest BCUT2D eigenvalue weighted by atomic mass is 32.1. The molecule has 2 N–H and O–H groups in total. The minimum Gasteiger partial charge on any atom is -0.494 e. The molecule has 0 aliphatic heterocycles. The summed E-state index contributed by atoms with van der Waals surface area (Å²) in [6, 6.07) is 8.56. The number of hydrogen-bond acceptors (Lipinski definition) is 6. The number of fused-ring (bicyclic) bond motifs is 1. The molecule has 8 nitrogen and oxygen atoms in total. The van der Waals surface area contributed by atoms with Gasteiger partial charge in [0.1, 0.15) is 16.3 Å². The van der Waals surface area contributed by atoms with Crippen molar-refractivity contribution in [3.63, 3.8) is 0 Å². The number of nitrogens with one attached hydrogen (secondary N) is 2. The average Bonchev–Trinajstić information content (AvgIpc) is 3.21. The number of aromatic nitrogens is 2. The Hall–Kier alpha value is -3.20. The van der Waals surface area contributed by atoms with Gasteiger partial charge >= 0.3 is 0 Å². The standard InChI is InChI=1S/C21H24N4O4S/c1-3-4-10-29-15-7-5-14(6-8-15)20(27)22-12-18(26)25(2)13-17-23-16-9-11-30-19(16)21(28)24-17/h5-9,11H,3-4,10,12-13H2,1-2H3,(H,22,27)(H,23,24,28). The molecule has 0 aliphatic rings. The van der Waals surface area contributed by atoms with Gasteiger partial charge < -0.3 is 19.9 Å². The summed E-state index contributed by atoms with van der Waals surface area (Å²) < 4.78 is 6.13. The van der Waals surface area contributed by atoms with E-state index in [1.165, 1.54) is 16.2 Å². The highest BCUT2D eigenvalue weighted by Crippen LogP contribution is 2.14. The van der Waals surface area contributed by atoms with Crippen LogP contribution in [-0.4, -0.2) is 46.9 Å².